The number of hydrazine groups is 1. The highest BCUT2D eigenvalue weighted by Gasteiger charge is 2.20. The highest BCUT2D eigenvalue weighted by Crippen LogP contribution is 2.33. The van der Waals surface area contributed by atoms with Gasteiger partial charge < -0.3 is 10.2 Å². The maximum Gasteiger partial charge on any atom is 0.140 e. The standard InChI is InChI=1S/C16H18ClN3O/c17-13-8-9-16(20-18)19-14(13)10-21-15-7-3-5-11-4-1-2-6-12(11)15/h1-2,4,6,8-9,15H,3,5,7,10,18H2,(H,19,20). The van der Waals surface area contributed by atoms with Crippen molar-refractivity contribution < 1.29 is 4.74 Å². The number of fused-ring (bicyclic) bond motifs is 1. The molecule has 1 atom stereocenters. The van der Waals surface area contributed by atoms with Crippen LogP contribution in [0.3, 0.4) is 0 Å². The number of pyridine rings is 1. The molecule has 110 valence electrons. The Labute approximate surface area is 129 Å². The second kappa shape index (κ2) is 6.43. The minimum atomic E-state index is 0.113. The number of rotatable bonds is 4. The van der Waals surface area contributed by atoms with Crippen LogP contribution in [0.5, 0.6) is 0 Å². The van der Waals surface area contributed by atoms with Gasteiger partial charge in [-0.1, -0.05) is 35.9 Å². The fourth-order valence-corrected chi connectivity index (χ4v) is 2.89. The first-order valence-electron chi connectivity index (χ1n) is 7.09. The van der Waals surface area contributed by atoms with E-state index in [1.165, 1.54) is 11.1 Å². The van der Waals surface area contributed by atoms with Crippen molar-refractivity contribution in [1.82, 2.24) is 4.98 Å². The highest BCUT2D eigenvalue weighted by molar-refractivity contribution is 6.31. The Morgan fingerprint density at radius 3 is 3.00 bits per heavy atom. The van der Waals surface area contributed by atoms with Gasteiger partial charge in [0.15, 0.2) is 0 Å². The first-order chi connectivity index (χ1) is 10.3. The van der Waals surface area contributed by atoms with Crippen molar-refractivity contribution >= 4 is 17.4 Å². The number of hydrogen-bond donors (Lipinski definition) is 2. The molecule has 3 rings (SSSR count). The molecule has 1 heterocycles. The topological polar surface area (TPSA) is 60.2 Å². The fourth-order valence-electron chi connectivity index (χ4n) is 2.73. The Morgan fingerprint density at radius 2 is 2.14 bits per heavy atom. The molecule has 1 unspecified atom stereocenters. The van der Waals surface area contributed by atoms with Crippen molar-refractivity contribution in [3.63, 3.8) is 0 Å². The van der Waals surface area contributed by atoms with Gasteiger partial charge in [-0.2, -0.15) is 0 Å². The summed E-state index contributed by atoms with van der Waals surface area (Å²) in [6.45, 7) is 0.382. The van der Waals surface area contributed by atoms with Crippen LogP contribution >= 0.6 is 11.6 Å². The van der Waals surface area contributed by atoms with Crippen LogP contribution in [-0.4, -0.2) is 4.98 Å². The summed E-state index contributed by atoms with van der Waals surface area (Å²) in [5.74, 6) is 5.96. The Kier molecular flexibility index (Phi) is 4.39. The number of benzene rings is 1. The van der Waals surface area contributed by atoms with E-state index < -0.39 is 0 Å². The summed E-state index contributed by atoms with van der Waals surface area (Å²) in [6, 6.07) is 12.0. The zero-order valence-corrected chi connectivity index (χ0v) is 12.4. The first kappa shape index (κ1) is 14.3. The number of halogens is 1. The molecule has 0 saturated heterocycles. The van der Waals surface area contributed by atoms with Gasteiger partial charge in [0, 0.05) is 0 Å². The third-order valence-electron chi connectivity index (χ3n) is 3.80. The van der Waals surface area contributed by atoms with Gasteiger partial charge in [0.2, 0.25) is 0 Å². The lowest BCUT2D eigenvalue weighted by atomic mass is 9.89. The summed E-state index contributed by atoms with van der Waals surface area (Å²) in [5, 5.41) is 0.595. The molecule has 0 fully saturated rings. The quantitative estimate of drug-likeness (QED) is 0.669. The molecular weight excluding hydrogens is 286 g/mol. The van der Waals surface area contributed by atoms with Crippen LogP contribution in [0, 0.1) is 0 Å². The van der Waals surface area contributed by atoms with Crippen LogP contribution in [0.15, 0.2) is 36.4 Å². The molecule has 0 amide bonds. The molecule has 3 N–H and O–H groups in total. The SMILES string of the molecule is NNc1ccc(Cl)c(COC2CCCc3ccccc32)n1. The van der Waals surface area contributed by atoms with E-state index in [2.05, 4.69) is 34.7 Å². The van der Waals surface area contributed by atoms with Gasteiger partial charge in [0.25, 0.3) is 0 Å². The van der Waals surface area contributed by atoms with Crippen molar-refractivity contribution in [2.45, 2.75) is 32.0 Å². The Bertz CT molecular complexity index is 633. The number of anilines is 1. The molecule has 5 heteroatoms. The zero-order valence-electron chi connectivity index (χ0n) is 11.7. The van der Waals surface area contributed by atoms with E-state index in [1.54, 1.807) is 12.1 Å². The Morgan fingerprint density at radius 1 is 1.29 bits per heavy atom. The predicted molar refractivity (Wildman–Crippen MR) is 84.0 cm³/mol. The molecule has 2 aromatic rings. The molecular formula is C16H18ClN3O. The fraction of sp³-hybridized carbons (Fsp3) is 0.312. The van der Waals surface area contributed by atoms with E-state index in [0.717, 1.165) is 19.3 Å². The average Bonchev–Trinajstić information content (AvgIpc) is 2.54. The molecule has 1 aromatic heterocycles. The number of nitrogen functional groups attached to an aromatic ring is 1. The van der Waals surface area contributed by atoms with Crippen molar-refractivity contribution in [1.29, 1.82) is 0 Å². The largest absolute Gasteiger partial charge is 0.367 e. The normalized spacial score (nSPS) is 17.3. The molecule has 1 aliphatic carbocycles. The summed E-state index contributed by atoms with van der Waals surface area (Å²) in [6.07, 6.45) is 3.42. The average molecular weight is 304 g/mol. The molecule has 1 aliphatic rings. The minimum absolute atomic E-state index is 0.113. The summed E-state index contributed by atoms with van der Waals surface area (Å²) >= 11 is 6.16. The summed E-state index contributed by atoms with van der Waals surface area (Å²) in [4.78, 5) is 4.34. The van der Waals surface area contributed by atoms with Crippen LogP contribution in [0.25, 0.3) is 0 Å². The van der Waals surface area contributed by atoms with Crippen LogP contribution in [0.4, 0.5) is 5.82 Å². The maximum atomic E-state index is 6.16. The van der Waals surface area contributed by atoms with E-state index in [-0.39, 0.29) is 6.10 Å². The van der Waals surface area contributed by atoms with Gasteiger partial charge >= 0.3 is 0 Å². The lowest BCUT2D eigenvalue weighted by molar-refractivity contribution is 0.0266. The number of nitrogens with zero attached hydrogens (tertiary/aromatic N) is 1. The molecule has 0 aliphatic heterocycles. The van der Waals surface area contributed by atoms with Gasteiger partial charge in [-0.3, -0.25) is 0 Å². The third-order valence-corrected chi connectivity index (χ3v) is 4.15. The minimum Gasteiger partial charge on any atom is -0.367 e. The molecule has 0 radical (unpaired) electrons. The Hall–Kier alpha value is -1.62. The van der Waals surface area contributed by atoms with Gasteiger partial charge in [0.1, 0.15) is 5.82 Å². The lowest BCUT2D eigenvalue weighted by Gasteiger charge is -2.25. The van der Waals surface area contributed by atoms with E-state index in [4.69, 9.17) is 22.2 Å². The highest BCUT2D eigenvalue weighted by atomic mass is 35.5. The number of aryl methyl sites for hydroxylation is 1. The second-order valence-electron chi connectivity index (χ2n) is 5.16. The molecule has 0 bridgehead atoms. The van der Waals surface area contributed by atoms with Gasteiger partial charge in [-0.05, 0) is 42.5 Å². The zero-order chi connectivity index (χ0) is 14.7. The van der Waals surface area contributed by atoms with Gasteiger partial charge in [0.05, 0.1) is 23.4 Å². The van der Waals surface area contributed by atoms with Crippen LogP contribution in [0.2, 0.25) is 5.02 Å². The first-order valence-corrected chi connectivity index (χ1v) is 7.47. The smallest absolute Gasteiger partial charge is 0.140 e. The monoisotopic (exact) mass is 303 g/mol. The predicted octanol–water partition coefficient (Wildman–Crippen LogP) is 3.61. The number of ether oxygens (including phenoxy) is 1. The second-order valence-corrected chi connectivity index (χ2v) is 5.57. The van der Waals surface area contributed by atoms with E-state index in [0.29, 0.717) is 23.1 Å². The van der Waals surface area contributed by atoms with Crippen molar-refractivity contribution in [3.05, 3.63) is 58.2 Å². The maximum absolute atomic E-state index is 6.16. The molecule has 1 aromatic carbocycles. The van der Waals surface area contributed by atoms with Gasteiger partial charge in [-0.15, -0.1) is 0 Å². The summed E-state index contributed by atoms with van der Waals surface area (Å²) < 4.78 is 6.06. The number of nitrogens with two attached hydrogens (primary N) is 1. The van der Waals surface area contributed by atoms with Crippen molar-refractivity contribution in [2.24, 2.45) is 5.84 Å². The number of hydrogen-bond acceptors (Lipinski definition) is 4. The Balaban J connectivity index is 1.74. The van der Waals surface area contributed by atoms with E-state index in [1.807, 2.05) is 0 Å². The van der Waals surface area contributed by atoms with E-state index >= 15 is 0 Å². The van der Waals surface area contributed by atoms with E-state index in [9.17, 15) is 0 Å². The van der Waals surface area contributed by atoms with Gasteiger partial charge in [-0.25, -0.2) is 10.8 Å². The summed E-state index contributed by atoms with van der Waals surface area (Å²) in [5.41, 5.74) is 5.89. The molecule has 4 nitrogen and oxygen atoms in total. The van der Waals surface area contributed by atoms with Crippen LogP contribution < -0.4 is 11.3 Å². The number of nitrogens with one attached hydrogen (secondary N) is 1. The lowest BCUT2D eigenvalue weighted by Crippen LogP contribution is -2.14. The van der Waals surface area contributed by atoms with Crippen LogP contribution in [0.1, 0.15) is 35.8 Å². The van der Waals surface area contributed by atoms with Crippen LogP contribution in [-0.2, 0) is 17.8 Å². The number of aromatic nitrogens is 1. The summed E-state index contributed by atoms with van der Waals surface area (Å²) in [7, 11) is 0. The van der Waals surface area contributed by atoms with Crippen molar-refractivity contribution in [2.75, 3.05) is 5.43 Å². The third kappa shape index (κ3) is 3.18. The van der Waals surface area contributed by atoms with Crippen molar-refractivity contribution in [3.8, 4) is 0 Å². The molecule has 21 heavy (non-hydrogen) atoms. The molecule has 0 spiro atoms. The molecule has 0 saturated carbocycles.